The van der Waals surface area contributed by atoms with Gasteiger partial charge in [-0.3, -0.25) is 4.79 Å². The molecule has 37 heavy (non-hydrogen) atoms. The number of nitrogens with one attached hydrogen (secondary N) is 1. The Bertz CT molecular complexity index is 1240. The van der Waals surface area contributed by atoms with Gasteiger partial charge < -0.3 is 30.2 Å². The van der Waals surface area contributed by atoms with Crippen LogP contribution in [0.1, 0.15) is 76.3 Å². The Morgan fingerprint density at radius 1 is 1.14 bits per heavy atom. The average molecular weight is 506 g/mol. The molecule has 8 nitrogen and oxygen atoms in total. The van der Waals surface area contributed by atoms with Crippen molar-refractivity contribution in [2.24, 2.45) is 10.4 Å². The predicted molar refractivity (Wildman–Crippen MR) is 141 cm³/mol. The number of rotatable bonds is 6. The molecule has 1 aromatic rings. The topological polar surface area (TPSA) is 116 Å². The van der Waals surface area contributed by atoms with Crippen molar-refractivity contribution in [3.8, 4) is 0 Å². The summed E-state index contributed by atoms with van der Waals surface area (Å²) in [7, 11) is 0. The van der Waals surface area contributed by atoms with Gasteiger partial charge in [0.2, 0.25) is 0 Å². The van der Waals surface area contributed by atoms with Gasteiger partial charge in [0.1, 0.15) is 0 Å². The lowest BCUT2D eigenvalue weighted by atomic mass is 9.74. The molecule has 2 fully saturated rings. The monoisotopic (exact) mass is 505 g/mol. The summed E-state index contributed by atoms with van der Waals surface area (Å²) >= 11 is 0. The third-order valence-electron chi connectivity index (χ3n) is 8.50. The van der Waals surface area contributed by atoms with Gasteiger partial charge in [0.15, 0.2) is 5.71 Å². The van der Waals surface area contributed by atoms with Crippen LogP contribution < -0.4 is 5.32 Å². The van der Waals surface area contributed by atoms with E-state index in [1.165, 1.54) is 0 Å². The van der Waals surface area contributed by atoms with E-state index in [0.717, 1.165) is 30.4 Å². The minimum Gasteiger partial charge on any atom is -0.393 e. The molecule has 1 aromatic carbocycles. The Kier molecular flexibility index (Phi) is 6.40. The van der Waals surface area contributed by atoms with Gasteiger partial charge in [-0.05, 0) is 60.8 Å². The molecule has 8 heteroatoms. The summed E-state index contributed by atoms with van der Waals surface area (Å²) in [6.07, 6.45) is 8.55. The van der Waals surface area contributed by atoms with Crippen LogP contribution in [0.15, 0.2) is 41.2 Å². The van der Waals surface area contributed by atoms with E-state index in [4.69, 9.17) is 11.3 Å². The van der Waals surface area contributed by atoms with Crippen molar-refractivity contribution in [1.29, 1.82) is 0 Å². The highest BCUT2D eigenvalue weighted by Crippen LogP contribution is 2.55. The molecule has 3 atom stereocenters. The van der Waals surface area contributed by atoms with E-state index in [1.807, 2.05) is 18.2 Å². The molecule has 0 radical (unpaired) electrons. The number of aliphatic imine (C=N–C) groups is 1. The van der Waals surface area contributed by atoms with Crippen LogP contribution in [0.3, 0.4) is 0 Å². The molecule has 4 N–H and O–H groups in total. The molecule has 0 saturated carbocycles. The molecule has 1 amide bonds. The first kappa shape index (κ1) is 25.8. The first-order chi connectivity index (χ1) is 17.5. The molecule has 5 rings (SSSR count). The third kappa shape index (κ3) is 4.77. The zero-order valence-corrected chi connectivity index (χ0v) is 21.5. The van der Waals surface area contributed by atoms with Crippen molar-refractivity contribution in [2.45, 2.75) is 82.0 Å². The molecule has 2 bridgehead atoms. The standard InChI is InChI=1S/C29H35N3O5/c1-26(2)10-8-19(9-11-26)21-14-20(4-5-22(21)32-25(35)23-6-7-24(30-3)31-23)29(36)15-27(17-33)12-13-28(16-29,18-34)37-27/h4-5,7-8,14,33-34,36H,6,9-13,15-18H2,1-2H3,(H,32,35)/t27-,28+,29?. The maximum absolute atomic E-state index is 13.0. The Morgan fingerprint density at radius 3 is 2.41 bits per heavy atom. The molecule has 4 aliphatic rings. The van der Waals surface area contributed by atoms with Gasteiger partial charge in [0, 0.05) is 30.5 Å². The van der Waals surface area contributed by atoms with Crippen molar-refractivity contribution in [3.63, 3.8) is 0 Å². The molecule has 0 aromatic heterocycles. The lowest BCUT2D eigenvalue weighted by Gasteiger charge is -2.47. The third-order valence-corrected chi connectivity index (χ3v) is 8.50. The van der Waals surface area contributed by atoms with Gasteiger partial charge >= 0.3 is 0 Å². The summed E-state index contributed by atoms with van der Waals surface area (Å²) in [6.45, 7) is 11.2. The van der Waals surface area contributed by atoms with Crippen LogP contribution in [-0.2, 0) is 15.1 Å². The highest BCUT2D eigenvalue weighted by atomic mass is 16.6. The number of amides is 1. The number of aliphatic hydroxyl groups is 3. The van der Waals surface area contributed by atoms with Gasteiger partial charge in [0.05, 0.1) is 30.0 Å². The van der Waals surface area contributed by atoms with E-state index in [1.54, 1.807) is 6.08 Å². The minimum atomic E-state index is -1.30. The summed E-state index contributed by atoms with van der Waals surface area (Å²) in [5, 5.41) is 35.2. The summed E-state index contributed by atoms with van der Waals surface area (Å²) in [6, 6.07) is 5.57. The second kappa shape index (κ2) is 9.17. The second-order valence-corrected chi connectivity index (χ2v) is 11.9. The zero-order chi connectivity index (χ0) is 26.5. The number of aliphatic hydroxyl groups excluding tert-OH is 2. The van der Waals surface area contributed by atoms with Crippen molar-refractivity contribution in [3.05, 3.63) is 58.7 Å². The van der Waals surface area contributed by atoms with Crippen molar-refractivity contribution in [1.82, 2.24) is 0 Å². The number of allylic oxidation sites excluding steroid dienone is 3. The van der Waals surface area contributed by atoms with E-state index in [2.05, 4.69) is 35.1 Å². The molecular formula is C29H35N3O5. The largest absolute Gasteiger partial charge is 0.393 e. The molecular weight excluding hydrogens is 470 g/mol. The number of hydrogen-bond acceptors (Lipinski definition) is 6. The fourth-order valence-electron chi connectivity index (χ4n) is 6.29. The number of nitrogens with zero attached hydrogens (tertiary/aromatic N) is 2. The molecule has 196 valence electrons. The lowest BCUT2D eigenvalue weighted by Crippen LogP contribution is -2.54. The molecule has 1 aliphatic carbocycles. The fourth-order valence-corrected chi connectivity index (χ4v) is 6.29. The smallest absolute Gasteiger partial charge is 0.293 e. The predicted octanol–water partition coefficient (Wildman–Crippen LogP) is 4.08. The van der Waals surface area contributed by atoms with Crippen LogP contribution in [0.25, 0.3) is 10.4 Å². The van der Waals surface area contributed by atoms with Gasteiger partial charge in [-0.2, -0.15) is 0 Å². The number of ether oxygens (including phenoxy) is 1. The average Bonchev–Trinajstić information content (AvgIpc) is 3.48. The van der Waals surface area contributed by atoms with Crippen LogP contribution in [0, 0.1) is 12.0 Å². The molecule has 0 spiro atoms. The van der Waals surface area contributed by atoms with Crippen molar-refractivity contribution >= 4 is 22.9 Å². The Hall–Kier alpha value is -2.83. The van der Waals surface area contributed by atoms with Gasteiger partial charge in [0.25, 0.3) is 11.7 Å². The number of carbonyl (C=O) groups is 1. The summed E-state index contributed by atoms with van der Waals surface area (Å²) < 4.78 is 6.14. The molecule has 1 unspecified atom stereocenters. The SMILES string of the molecule is [C-]#[N+]C1=CCC(C(=O)Nc2ccc(C3(O)C[C@]4(CO)CC[C@](CO)(C3)O4)cc2C2=CCC(C)(C)CC2)=N1. The highest BCUT2D eigenvalue weighted by Gasteiger charge is 2.60. The minimum absolute atomic E-state index is 0.198. The fraction of sp³-hybridized carbons (Fsp3) is 0.552. The molecule has 3 heterocycles. The van der Waals surface area contributed by atoms with Gasteiger partial charge in [-0.25, -0.2) is 0 Å². The molecule has 2 saturated heterocycles. The number of hydrogen-bond donors (Lipinski definition) is 4. The number of fused-ring (bicyclic) bond motifs is 2. The quantitative estimate of drug-likeness (QED) is 0.435. The number of anilines is 1. The van der Waals surface area contributed by atoms with Crippen molar-refractivity contribution in [2.75, 3.05) is 18.5 Å². The van der Waals surface area contributed by atoms with Crippen LogP contribution in [0.5, 0.6) is 0 Å². The number of benzene rings is 1. The van der Waals surface area contributed by atoms with Gasteiger partial charge in [-0.15, -0.1) is 4.99 Å². The van der Waals surface area contributed by atoms with Crippen LogP contribution >= 0.6 is 0 Å². The van der Waals surface area contributed by atoms with Crippen molar-refractivity contribution < 1.29 is 24.9 Å². The maximum Gasteiger partial charge on any atom is 0.293 e. The number of carbonyl (C=O) groups excluding carboxylic acids is 1. The second-order valence-electron chi connectivity index (χ2n) is 11.9. The van der Waals surface area contributed by atoms with Crippen LogP contribution in [0.4, 0.5) is 5.69 Å². The highest BCUT2D eigenvalue weighted by molar-refractivity contribution is 6.44. The van der Waals surface area contributed by atoms with E-state index in [9.17, 15) is 20.1 Å². The Labute approximate surface area is 217 Å². The van der Waals surface area contributed by atoms with E-state index in [0.29, 0.717) is 36.2 Å². The normalized spacial score (nSPS) is 32.3. The molecule has 3 aliphatic heterocycles. The van der Waals surface area contributed by atoms with E-state index >= 15 is 0 Å². The lowest BCUT2D eigenvalue weighted by molar-refractivity contribution is -0.231. The summed E-state index contributed by atoms with van der Waals surface area (Å²) in [5.41, 5.74) is 0.706. The summed E-state index contributed by atoms with van der Waals surface area (Å²) in [5.74, 6) is -0.119. The first-order valence-electron chi connectivity index (χ1n) is 13.0. The van der Waals surface area contributed by atoms with E-state index < -0.39 is 16.8 Å². The van der Waals surface area contributed by atoms with Crippen LogP contribution in [0.2, 0.25) is 0 Å². The van der Waals surface area contributed by atoms with E-state index in [-0.39, 0.29) is 43.2 Å². The maximum atomic E-state index is 13.0. The summed E-state index contributed by atoms with van der Waals surface area (Å²) in [4.78, 5) is 20.4. The Balaban J connectivity index is 1.52. The van der Waals surface area contributed by atoms with Crippen LogP contribution in [-0.4, -0.2) is 51.4 Å². The van der Waals surface area contributed by atoms with Gasteiger partial charge in [-0.1, -0.05) is 38.6 Å². The Morgan fingerprint density at radius 2 is 1.84 bits per heavy atom. The zero-order valence-electron chi connectivity index (χ0n) is 21.5. The first-order valence-corrected chi connectivity index (χ1v) is 13.0.